The van der Waals surface area contributed by atoms with Crippen molar-refractivity contribution in [1.29, 1.82) is 5.26 Å². The van der Waals surface area contributed by atoms with E-state index in [1.54, 1.807) is 7.11 Å². The van der Waals surface area contributed by atoms with E-state index in [2.05, 4.69) is 39.3 Å². The van der Waals surface area contributed by atoms with E-state index >= 15 is 0 Å². The lowest BCUT2D eigenvalue weighted by Crippen LogP contribution is -2.46. The largest absolute Gasteiger partial charge is 0.496 e. The van der Waals surface area contributed by atoms with E-state index in [9.17, 15) is 5.26 Å². The van der Waals surface area contributed by atoms with Gasteiger partial charge in [0.05, 0.1) is 23.7 Å². The molecule has 0 radical (unpaired) electrons. The first-order valence-electron chi connectivity index (χ1n) is 11.8. The highest BCUT2D eigenvalue weighted by molar-refractivity contribution is 6.30. The summed E-state index contributed by atoms with van der Waals surface area (Å²) in [6, 6.07) is 18.6. The zero-order valence-corrected chi connectivity index (χ0v) is 20.3. The maximum Gasteiger partial charge on any atom is 0.157 e. The number of pyridine rings is 1. The lowest BCUT2D eigenvalue weighted by molar-refractivity contribution is 0.245. The molecule has 0 aliphatic carbocycles. The van der Waals surface area contributed by atoms with Crippen LogP contribution in [0, 0.1) is 11.3 Å². The van der Waals surface area contributed by atoms with Crippen LogP contribution in [0.5, 0.6) is 5.75 Å². The molecule has 0 unspecified atom stereocenters. The third kappa shape index (κ3) is 4.06. The van der Waals surface area contributed by atoms with Crippen molar-refractivity contribution in [2.75, 3.05) is 38.2 Å². The van der Waals surface area contributed by atoms with Gasteiger partial charge in [-0.2, -0.15) is 5.26 Å². The Hall–Kier alpha value is -3.27. The van der Waals surface area contributed by atoms with Crippen LogP contribution in [0.4, 0.5) is 5.82 Å². The van der Waals surface area contributed by atoms with Gasteiger partial charge in [0.15, 0.2) is 5.65 Å². The summed E-state index contributed by atoms with van der Waals surface area (Å²) in [5.74, 6) is 1.99. The molecule has 1 aliphatic heterocycles. The minimum absolute atomic E-state index is 0.688. The Morgan fingerprint density at radius 3 is 2.59 bits per heavy atom. The number of hydrogen-bond donors (Lipinski definition) is 0. The molecule has 2 aromatic carbocycles. The number of hydrogen-bond acceptors (Lipinski definition) is 5. The SMILES string of the molecule is CCCc1cc(N2CCN(Cc3cc(Cl)ccc3OC)CC2)n2c(nc3ccccc32)c1C#N. The van der Waals surface area contributed by atoms with Crippen molar-refractivity contribution in [3.05, 3.63) is 70.2 Å². The molecule has 4 aromatic rings. The normalized spacial score (nSPS) is 14.6. The van der Waals surface area contributed by atoms with Gasteiger partial charge in [-0.15, -0.1) is 0 Å². The monoisotopic (exact) mass is 473 g/mol. The second kappa shape index (κ2) is 9.54. The van der Waals surface area contributed by atoms with Crippen molar-refractivity contribution in [2.45, 2.75) is 26.3 Å². The van der Waals surface area contributed by atoms with Crippen molar-refractivity contribution in [3.8, 4) is 11.8 Å². The number of imidazole rings is 1. The lowest BCUT2D eigenvalue weighted by Gasteiger charge is -2.36. The number of para-hydroxylation sites is 2. The lowest BCUT2D eigenvalue weighted by atomic mass is 10.0. The molecule has 0 amide bonds. The average Bonchev–Trinajstić information content (AvgIpc) is 3.24. The first-order valence-corrected chi connectivity index (χ1v) is 12.1. The minimum atomic E-state index is 0.688. The zero-order valence-electron chi connectivity index (χ0n) is 19.6. The predicted octanol–water partition coefficient (Wildman–Crippen LogP) is 5.30. The number of ether oxygens (including phenoxy) is 1. The molecule has 0 saturated carbocycles. The van der Waals surface area contributed by atoms with Crippen molar-refractivity contribution >= 4 is 34.1 Å². The third-order valence-electron chi connectivity index (χ3n) is 6.60. The van der Waals surface area contributed by atoms with Crippen LogP contribution in [0.25, 0.3) is 16.7 Å². The van der Waals surface area contributed by atoms with Gasteiger partial charge in [0.2, 0.25) is 0 Å². The van der Waals surface area contributed by atoms with Gasteiger partial charge in [-0.05, 0) is 48.4 Å². The number of methoxy groups -OCH3 is 1. The highest BCUT2D eigenvalue weighted by atomic mass is 35.5. The number of piperazine rings is 1. The van der Waals surface area contributed by atoms with Crippen molar-refractivity contribution in [2.24, 2.45) is 0 Å². The average molecular weight is 474 g/mol. The predicted molar refractivity (Wildman–Crippen MR) is 137 cm³/mol. The molecule has 2 aromatic heterocycles. The first-order chi connectivity index (χ1) is 16.6. The topological polar surface area (TPSA) is 56.8 Å². The Bertz CT molecular complexity index is 1380. The third-order valence-corrected chi connectivity index (χ3v) is 6.84. The van der Waals surface area contributed by atoms with Crippen LogP contribution in [0.15, 0.2) is 48.5 Å². The Kier molecular flexibility index (Phi) is 6.32. The molecular formula is C27H28ClN5O. The summed E-state index contributed by atoms with van der Waals surface area (Å²) in [7, 11) is 1.70. The summed E-state index contributed by atoms with van der Waals surface area (Å²) >= 11 is 6.24. The fourth-order valence-electron chi connectivity index (χ4n) is 4.93. The second-order valence-corrected chi connectivity index (χ2v) is 9.18. The summed E-state index contributed by atoms with van der Waals surface area (Å²) < 4.78 is 7.71. The highest BCUT2D eigenvalue weighted by Gasteiger charge is 2.24. The Morgan fingerprint density at radius 2 is 1.85 bits per heavy atom. The summed E-state index contributed by atoms with van der Waals surface area (Å²) in [5, 5.41) is 10.7. The molecule has 0 N–H and O–H groups in total. The number of halogens is 1. The van der Waals surface area contributed by atoms with E-state index in [1.807, 2.05) is 36.4 Å². The number of aromatic nitrogens is 2. The summed E-state index contributed by atoms with van der Waals surface area (Å²) in [6.45, 7) is 6.58. The highest BCUT2D eigenvalue weighted by Crippen LogP contribution is 2.31. The second-order valence-electron chi connectivity index (χ2n) is 8.74. The van der Waals surface area contributed by atoms with E-state index in [0.717, 1.165) is 90.0 Å². The van der Waals surface area contributed by atoms with Crippen LogP contribution in [0.1, 0.15) is 30.0 Å². The van der Waals surface area contributed by atoms with Crippen molar-refractivity contribution < 1.29 is 4.74 Å². The molecule has 5 rings (SSSR count). The van der Waals surface area contributed by atoms with Crippen LogP contribution in [-0.2, 0) is 13.0 Å². The number of nitrogens with zero attached hydrogens (tertiary/aromatic N) is 5. The Morgan fingerprint density at radius 1 is 1.06 bits per heavy atom. The van der Waals surface area contributed by atoms with Gasteiger partial charge in [-0.3, -0.25) is 9.30 Å². The molecule has 34 heavy (non-hydrogen) atoms. The number of benzene rings is 2. The van der Waals surface area contributed by atoms with Crippen LogP contribution in [0.3, 0.4) is 0 Å². The quantitative estimate of drug-likeness (QED) is 0.380. The maximum absolute atomic E-state index is 9.96. The van der Waals surface area contributed by atoms with E-state index in [1.165, 1.54) is 0 Å². The maximum atomic E-state index is 9.96. The van der Waals surface area contributed by atoms with Gasteiger partial charge >= 0.3 is 0 Å². The number of nitriles is 1. The zero-order chi connectivity index (χ0) is 23.7. The smallest absolute Gasteiger partial charge is 0.157 e. The molecule has 7 heteroatoms. The van der Waals surface area contributed by atoms with Crippen LogP contribution < -0.4 is 9.64 Å². The molecule has 1 saturated heterocycles. The Balaban J connectivity index is 1.47. The molecule has 1 aliphatic rings. The van der Waals surface area contributed by atoms with Crippen LogP contribution in [-0.4, -0.2) is 47.6 Å². The van der Waals surface area contributed by atoms with Crippen molar-refractivity contribution in [1.82, 2.24) is 14.3 Å². The van der Waals surface area contributed by atoms with Gasteiger partial charge in [0.25, 0.3) is 0 Å². The summed E-state index contributed by atoms with van der Waals surface area (Å²) in [4.78, 5) is 9.72. The molecule has 3 heterocycles. The van der Waals surface area contributed by atoms with Gasteiger partial charge in [-0.25, -0.2) is 4.98 Å². The molecule has 174 valence electrons. The summed E-state index contributed by atoms with van der Waals surface area (Å²) in [6.07, 6.45) is 1.85. The fourth-order valence-corrected chi connectivity index (χ4v) is 5.12. The Labute approximate surface area is 204 Å². The van der Waals surface area contributed by atoms with E-state index in [4.69, 9.17) is 21.3 Å². The summed E-state index contributed by atoms with van der Waals surface area (Å²) in [5.41, 5.74) is 5.59. The number of rotatable bonds is 6. The van der Waals surface area contributed by atoms with E-state index in [-0.39, 0.29) is 0 Å². The molecule has 0 spiro atoms. The van der Waals surface area contributed by atoms with E-state index in [0.29, 0.717) is 5.56 Å². The number of anilines is 1. The molecular weight excluding hydrogens is 446 g/mol. The molecule has 0 atom stereocenters. The molecule has 0 bridgehead atoms. The molecule has 6 nitrogen and oxygen atoms in total. The van der Waals surface area contributed by atoms with Crippen LogP contribution >= 0.6 is 11.6 Å². The van der Waals surface area contributed by atoms with Gasteiger partial charge in [0, 0.05) is 43.3 Å². The number of aryl methyl sites for hydroxylation is 1. The number of fused-ring (bicyclic) bond motifs is 3. The van der Waals surface area contributed by atoms with Crippen molar-refractivity contribution in [3.63, 3.8) is 0 Å². The van der Waals surface area contributed by atoms with Gasteiger partial charge < -0.3 is 9.64 Å². The van der Waals surface area contributed by atoms with Crippen LogP contribution in [0.2, 0.25) is 5.02 Å². The molecule has 1 fully saturated rings. The van der Waals surface area contributed by atoms with E-state index < -0.39 is 0 Å². The van der Waals surface area contributed by atoms with Gasteiger partial charge in [0.1, 0.15) is 17.6 Å². The standard InChI is InChI=1S/C27H28ClN5O/c1-3-6-19-16-26(33-24-8-5-4-7-23(24)30-27(33)22(19)17-29)32-13-11-31(12-14-32)18-20-15-21(28)9-10-25(20)34-2/h4-5,7-10,15-16H,3,6,11-14,18H2,1-2H3. The fraction of sp³-hybridized carbons (Fsp3) is 0.333. The van der Waals surface area contributed by atoms with Gasteiger partial charge in [-0.1, -0.05) is 37.1 Å². The minimum Gasteiger partial charge on any atom is -0.496 e. The first kappa shape index (κ1) is 22.5.